The zero-order valence-electron chi connectivity index (χ0n) is 8.80. The Hall–Kier alpha value is -1.10. The van der Waals surface area contributed by atoms with Crippen LogP contribution in [0.3, 0.4) is 0 Å². The Balaban J connectivity index is 2.84. The molecular weight excluding hydrogens is 279 g/mol. The Kier molecular flexibility index (Phi) is 4.73. The summed E-state index contributed by atoms with van der Waals surface area (Å²) in [5.41, 5.74) is 0.670. The molecule has 0 heterocycles. The van der Waals surface area contributed by atoms with Crippen LogP contribution in [0.5, 0.6) is 5.75 Å². The Labute approximate surface area is 101 Å². The number of halogens is 2. The summed E-state index contributed by atoms with van der Waals surface area (Å²) in [7, 11) is 1.39. The van der Waals surface area contributed by atoms with E-state index in [0.717, 1.165) is 4.47 Å². The van der Waals surface area contributed by atoms with Gasteiger partial charge in [0.05, 0.1) is 7.11 Å². The van der Waals surface area contributed by atoms with Gasteiger partial charge in [0.2, 0.25) is 0 Å². The zero-order chi connectivity index (χ0) is 12.1. The van der Waals surface area contributed by atoms with Crippen molar-refractivity contribution in [3.8, 4) is 5.75 Å². The molecular formula is C11H12BrFO3. The lowest BCUT2D eigenvalue weighted by atomic mass is 10.1. The zero-order valence-corrected chi connectivity index (χ0v) is 10.4. The molecule has 1 N–H and O–H groups in total. The fourth-order valence-corrected chi connectivity index (χ4v) is 1.96. The number of carboxylic acid groups (broad SMARTS) is 1. The molecule has 88 valence electrons. The van der Waals surface area contributed by atoms with Crippen molar-refractivity contribution in [1.82, 2.24) is 0 Å². The second-order valence-electron chi connectivity index (χ2n) is 3.29. The number of hydrogen-bond acceptors (Lipinski definition) is 2. The summed E-state index contributed by atoms with van der Waals surface area (Å²) in [5, 5.41) is 8.52. The van der Waals surface area contributed by atoms with Crippen molar-refractivity contribution in [3.05, 3.63) is 28.0 Å². The minimum atomic E-state index is -0.855. The maximum atomic E-state index is 13.4. The highest BCUT2D eigenvalue weighted by atomic mass is 79.9. The van der Waals surface area contributed by atoms with Crippen LogP contribution >= 0.6 is 15.9 Å². The van der Waals surface area contributed by atoms with Crippen molar-refractivity contribution in [3.63, 3.8) is 0 Å². The van der Waals surface area contributed by atoms with Crippen molar-refractivity contribution in [2.24, 2.45) is 0 Å². The average Bonchev–Trinajstić information content (AvgIpc) is 2.23. The van der Waals surface area contributed by atoms with Gasteiger partial charge in [-0.3, -0.25) is 4.79 Å². The van der Waals surface area contributed by atoms with E-state index in [0.29, 0.717) is 18.4 Å². The molecule has 0 spiro atoms. The van der Waals surface area contributed by atoms with Crippen LogP contribution in [0.2, 0.25) is 0 Å². The number of rotatable bonds is 5. The van der Waals surface area contributed by atoms with Gasteiger partial charge < -0.3 is 9.84 Å². The molecule has 1 aromatic carbocycles. The summed E-state index contributed by atoms with van der Waals surface area (Å²) >= 11 is 3.30. The van der Waals surface area contributed by atoms with Crippen LogP contribution < -0.4 is 4.74 Å². The molecule has 0 aliphatic rings. The van der Waals surface area contributed by atoms with Gasteiger partial charge in [-0.15, -0.1) is 0 Å². The maximum absolute atomic E-state index is 13.4. The summed E-state index contributed by atoms with van der Waals surface area (Å²) in [6.45, 7) is 0. The first-order valence-corrected chi connectivity index (χ1v) is 5.58. The van der Waals surface area contributed by atoms with Gasteiger partial charge in [-0.1, -0.05) is 15.9 Å². The van der Waals surface area contributed by atoms with Crippen LogP contribution in [0, 0.1) is 5.82 Å². The van der Waals surface area contributed by atoms with E-state index in [4.69, 9.17) is 9.84 Å². The fraction of sp³-hybridized carbons (Fsp3) is 0.364. The molecule has 0 aliphatic heterocycles. The largest absolute Gasteiger partial charge is 0.493 e. The molecule has 0 aliphatic carbocycles. The van der Waals surface area contributed by atoms with Gasteiger partial charge in [0, 0.05) is 16.5 Å². The van der Waals surface area contributed by atoms with Gasteiger partial charge in [0.1, 0.15) is 0 Å². The van der Waals surface area contributed by atoms with E-state index in [1.807, 2.05) is 0 Å². The maximum Gasteiger partial charge on any atom is 0.303 e. The third-order valence-corrected chi connectivity index (χ3v) is 2.92. The summed E-state index contributed by atoms with van der Waals surface area (Å²) in [6.07, 6.45) is 0.980. The minimum absolute atomic E-state index is 0.0616. The van der Waals surface area contributed by atoms with Gasteiger partial charge in [-0.25, -0.2) is 4.39 Å². The molecule has 0 amide bonds. The SMILES string of the molecule is COc1c(F)ccc(Br)c1CCCC(=O)O. The van der Waals surface area contributed by atoms with Crippen molar-refractivity contribution in [1.29, 1.82) is 0 Å². The molecule has 1 aromatic rings. The molecule has 1 rings (SSSR count). The quantitative estimate of drug-likeness (QED) is 0.907. The van der Waals surface area contributed by atoms with E-state index in [-0.39, 0.29) is 12.2 Å². The number of methoxy groups -OCH3 is 1. The molecule has 0 fully saturated rings. The highest BCUT2D eigenvalue weighted by Crippen LogP contribution is 2.30. The molecule has 0 radical (unpaired) electrons. The lowest BCUT2D eigenvalue weighted by Crippen LogP contribution is -2.00. The van der Waals surface area contributed by atoms with Crippen molar-refractivity contribution >= 4 is 21.9 Å². The van der Waals surface area contributed by atoms with Crippen LogP contribution in [0.1, 0.15) is 18.4 Å². The van der Waals surface area contributed by atoms with Gasteiger partial charge in [0.15, 0.2) is 11.6 Å². The van der Waals surface area contributed by atoms with E-state index in [9.17, 15) is 9.18 Å². The molecule has 0 bridgehead atoms. The van der Waals surface area contributed by atoms with Gasteiger partial charge in [-0.05, 0) is 25.0 Å². The smallest absolute Gasteiger partial charge is 0.303 e. The molecule has 0 unspecified atom stereocenters. The molecule has 5 heteroatoms. The van der Waals surface area contributed by atoms with Crippen molar-refractivity contribution in [2.75, 3.05) is 7.11 Å². The first-order valence-electron chi connectivity index (χ1n) is 4.79. The average molecular weight is 291 g/mol. The molecule has 0 atom stereocenters. The number of ether oxygens (including phenoxy) is 1. The van der Waals surface area contributed by atoms with Crippen LogP contribution in [0.15, 0.2) is 16.6 Å². The summed E-state index contributed by atoms with van der Waals surface area (Å²) in [4.78, 5) is 10.4. The lowest BCUT2D eigenvalue weighted by molar-refractivity contribution is -0.137. The van der Waals surface area contributed by atoms with Crippen LogP contribution in [0.25, 0.3) is 0 Å². The lowest BCUT2D eigenvalue weighted by Gasteiger charge is -2.10. The number of hydrogen-bond donors (Lipinski definition) is 1. The highest BCUT2D eigenvalue weighted by molar-refractivity contribution is 9.10. The molecule has 16 heavy (non-hydrogen) atoms. The predicted molar refractivity (Wildman–Crippen MR) is 61.2 cm³/mol. The summed E-state index contributed by atoms with van der Waals surface area (Å²) in [6, 6.07) is 2.90. The number of carboxylic acids is 1. The van der Waals surface area contributed by atoms with E-state index in [1.54, 1.807) is 6.07 Å². The predicted octanol–water partition coefficient (Wildman–Crippen LogP) is 3.00. The van der Waals surface area contributed by atoms with E-state index in [2.05, 4.69) is 15.9 Å². The Morgan fingerprint density at radius 3 is 2.81 bits per heavy atom. The number of aliphatic carboxylic acids is 1. The molecule has 0 aromatic heterocycles. The van der Waals surface area contributed by atoms with Crippen LogP contribution in [-0.2, 0) is 11.2 Å². The third-order valence-electron chi connectivity index (χ3n) is 2.18. The third kappa shape index (κ3) is 3.20. The standard InChI is InChI=1S/C11H12BrFO3/c1-16-11-7(3-2-4-10(14)15)8(12)5-6-9(11)13/h5-6H,2-4H2,1H3,(H,14,15). The van der Waals surface area contributed by atoms with Crippen molar-refractivity contribution in [2.45, 2.75) is 19.3 Å². The second-order valence-corrected chi connectivity index (χ2v) is 4.14. The fourth-order valence-electron chi connectivity index (χ4n) is 1.45. The van der Waals surface area contributed by atoms with Gasteiger partial charge in [0.25, 0.3) is 0 Å². The minimum Gasteiger partial charge on any atom is -0.493 e. The number of carbonyl (C=O) groups is 1. The van der Waals surface area contributed by atoms with Gasteiger partial charge >= 0.3 is 5.97 Å². The topological polar surface area (TPSA) is 46.5 Å². The number of benzene rings is 1. The Bertz CT molecular complexity index is 393. The highest BCUT2D eigenvalue weighted by Gasteiger charge is 2.13. The Morgan fingerprint density at radius 2 is 2.25 bits per heavy atom. The Morgan fingerprint density at radius 1 is 1.56 bits per heavy atom. The first kappa shape index (κ1) is 13.0. The van der Waals surface area contributed by atoms with E-state index >= 15 is 0 Å². The van der Waals surface area contributed by atoms with Crippen LogP contribution in [0.4, 0.5) is 4.39 Å². The monoisotopic (exact) mass is 290 g/mol. The van der Waals surface area contributed by atoms with E-state index < -0.39 is 11.8 Å². The molecule has 3 nitrogen and oxygen atoms in total. The van der Waals surface area contributed by atoms with Crippen molar-refractivity contribution < 1.29 is 19.0 Å². The molecule has 0 saturated heterocycles. The molecule has 0 saturated carbocycles. The van der Waals surface area contributed by atoms with Gasteiger partial charge in [-0.2, -0.15) is 0 Å². The normalized spacial score (nSPS) is 10.2. The summed E-state index contributed by atoms with van der Waals surface area (Å²) in [5.74, 6) is -1.11. The summed E-state index contributed by atoms with van der Waals surface area (Å²) < 4.78 is 19.0. The first-order chi connectivity index (χ1) is 7.56. The van der Waals surface area contributed by atoms with E-state index in [1.165, 1.54) is 13.2 Å². The van der Waals surface area contributed by atoms with Crippen LogP contribution in [-0.4, -0.2) is 18.2 Å². The second kappa shape index (κ2) is 5.84.